The number of phenolic OH excluding ortho intramolecular Hbond substituents is 1. The number of nitrogens with two attached hydrogens (primary N) is 1. The molecule has 228 valence electrons. The lowest BCUT2D eigenvalue weighted by Gasteiger charge is -2.12. The molecule has 0 heterocycles. The van der Waals surface area contributed by atoms with E-state index in [0.717, 1.165) is 24.3 Å². The molecular formula is C27H24N6O9S2. The van der Waals surface area contributed by atoms with Gasteiger partial charge < -0.3 is 20.9 Å². The van der Waals surface area contributed by atoms with Gasteiger partial charge in [-0.15, -0.1) is 10.2 Å². The second-order valence-corrected chi connectivity index (χ2v) is 11.9. The maximum Gasteiger partial charge on any atom is 0.296 e. The molecule has 0 spiro atoms. The highest BCUT2D eigenvalue weighted by Gasteiger charge is 2.24. The number of aromatic hydroxyl groups is 1. The van der Waals surface area contributed by atoms with Crippen molar-refractivity contribution in [2.75, 3.05) is 18.2 Å². The third-order valence-electron chi connectivity index (χ3n) is 6.09. The summed E-state index contributed by atoms with van der Waals surface area (Å²) >= 11 is 0. The molecule has 4 aromatic rings. The number of nitrogens with one attached hydrogen (secondary N) is 1. The van der Waals surface area contributed by atoms with Crippen molar-refractivity contribution in [2.45, 2.75) is 16.7 Å². The summed E-state index contributed by atoms with van der Waals surface area (Å²) in [6, 6.07) is 12.2. The fourth-order valence-corrected chi connectivity index (χ4v) is 5.23. The SMILES string of the molecule is C=CC(=O)Nc1ccc(/N=N/c2cc(OC)c(/N=N/c3c(S(=O)(=O)O)cc4cc(S(=O)(=O)O)c(N)cc4c3O)cc2C)cc1. The van der Waals surface area contributed by atoms with Crippen LogP contribution in [0.1, 0.15) is 5.56 Å². The van der Waals surface area contributed by atoms with Gasteiger partial charge in [0, 0.05) is 17.1 Å². The zero-order valence-corrected chi connectivity index (χ0v) is 24.6. The molecule has 0 unspecified atom stereocenters. The number of azo groups is 2. The number of nitrogen functional groups attached to an aromatic ring is 1. The van der Waals surface area contributed by atoms with E-state index in [-0.39, 0.29) is 28.1 Å². The molecule has 0 radical (unpaired) electrons. The highest BCUT2D eigenvalue weighted by atomic mass is 32.2. The highest BCUT2D eigenvalue weighted by molar-refractivity contribution is 7.86. The molecule has 0 saturated heterocycles. The van der Waals surface area contributed by atoms with Crippen molar-refractivity contribution < 1.29 is 40.6 Å². The number of nitrogens with zero attached hydrogens (tertiary/aromatic N) is 4. The van der Waals surface area contributed by atoms with Crippen molar-refractivity contribution in [2.24, 2.45) is 20.5 Å². The minimum absolute atomic E-state index is 0.0910. The Kier molecular flexibility index (Phi) is 8.77. The molecule has 6 N–H and O–H groups in total. The normalized spacial score (nSPS) is 12.2. The number of ether oxygens (including phenoxy) is 1. The van der Waals surface area contributed by atoms with Crippen LogP contribution in [0.15, 0.2) is 97.5 Å². The molecule has 17 heteroatoms. The van der Waals surface area contributed by atoms with Crippen LogP contribution in [-0.2, 0) is 25.0 Å². The highest BCUT2D eigenvalue weighted by Crippen LogP contribution is 2.44. The topological polar surface area (TPSA) is 243 Å². The molecule has 0 aliphatic rings. The third kappa shape index (κ3) is 6.87. The van der Waals surface area contributed by atoms with Gasteiger partial charge in [0.2, 0.25) is 5.91 Å². The monoisotopic (exact) mass is 640 g/mol. The van der Waals surface area contributed by atoms with Crippen LogP contribution in [0.4, 0.5) is 34.1 Å². The maximum atomic E-state index is 12.2. The van der Waals surface area contributed by atoms with E-state index in [1.807, 2.05) is 0 Å². The van der Waals surface area contributed by atoms with E-state index in [1.54, 1.807) is 31.2 Å². The minimum atomic E-state index is -5.03. The first kappa shape index (κ1) is 31.7. The summed E-state index contributed by atoms with van der Waals surface area (Å²) in [5.74, 6) is -1.00. The van der Waals surface area contributed by atoms with E-state index < -0.39 is 47.2 Å². The van der Waals surface area contributed by atoms with Gasteiger partial charge in [-0.05, 0) is 72.5 Å². The van der Waals surface area contributed by atoms with Crippen LogP contribution >= 0.6 is 0 Å². The summed E-state index contributed by atoms with van der Waals surface area (Å²) in [5.41, 5.74) is 6.68. The smallest absolute Gasteiger partial charge is 0.296 e. The number of methoxy groups -OCH3 is 1. The van der Waals surface area contributed by atoms with Crippen molar-refractivity contribution in [3.63, 3.8) is 0 Å². The molecule has 0 aromatic heterocycles. The lowest BCUT2D eigenvalue weighted by molar-refractivity contribution is -0.111. The quantitative estimate of drug-likeness (QED) is 0.0628. The molecular weight excluding hydrogens is 616 g/mol. The van der Waals surface area contributed by atoms with Gasteiger partial charge in [0.25, 0.3) is 20.2 Å². The van der Waals surface area contributed by atoms with Crippen LogP contribution in [-0.4, -0.2) is 44.1 Å². The number of hydrogen-bond donors (Lipinski definition) is 5. The van der Waals surface area contributed by atoms with E-state index in [9.17, 15) is 35.8 Å². The molecule has 0 aliphatic carbocycles. The van der Waals surface area contributed by atoms with Gasteiger partial charge in [0.05, 0.1) is 24.2 Å². The molecule has 0 atom stereocenters. The number of amides is 1. The van der Waals surface area contributed by atoms with Gasteiger partial charge in [-0.3, -0.25) is 13.9 Å². The number of fused-ring (bicyclic) bond motifs is 1. The van der Waals surface area contributed by atoms with Crippen molar-refractivity contribution in [3.8, 4) is 11.5 Å². The van der Waals surface area contributed by atoms with Gasteiger partial charge in [-0.2, -0.15) is 27.1 Å². The lowest BCUT2D eigenvalue weighted by atomic mass is 10.1. The fraction of sp³-hybridized carbons (Fsp3) is 0.0741. The van der Waals surface area contributed by atoms with Crippen molar-refractivity contribution >= 4 is 71.0 Å². The van der Waals surface area contributed by atoms with Crippen LogP contribution < -0.4 is 15.8 Å². The Morgan fingerprint density at radius 2 is 1.52 bits per heavy atom. The van der Waals surface area contributed by atoms with E-state index in [4.69, 9.17) is 10.5 Å². The lowest BCUT2D eigenvalue weighted by Crippen LogP contribution is -2.06. The standard InChI is InChI=1S/C27H24N6O9S2/c1-4-25(34)29-16-5-7-17(8-6-16)30-31-20-13-22(42-3)21(9-14(20)2)32-33-26-24(44(39,40)41)11-15-10-23(43(36,37)38)19(28)12-18(15)27(26)35/h4-13,35H,1,28H2,2-3H3,(H,29,34)(H,36,37,38)(H,39,40,41)/b31-30+,33-32+. The molecule has 0 aliphatic heterocycles. The van der Waals surface area contributed by atoms with E-state index in [2.05, 4.69) is 32.4 Å². The molecule has 0 fully saturated rings. The van der Waals surface area contributed by atoms with Gasteiger partial charge in [-0.25, -0.2) is 0 Å². The number of benzene rings is 4. The van der Waals surface area contributed by atoms with E-state index >= 15 is 0 Å². The first-order valence-electron chi connectivity index (χ1n) is 12.2. The van der Waals surface area contributed by atoms with Crippen LogP contribution in [0.3, 0.4) is 0 Å². The molecule has 0 bridgehead atoms. The Bertz CT molecular complexity index is 2100. The molecule has 0 saturated carbocycles. The zero-order chi connectivity index (χ0) is 32.4. The minimum Gasteiger partial charge on any atom is -0.505 e. The van der Waals surface area contributed by atoms with Gasteiger partial charge in [0.15, 0.2) is 5.75 Å². The fourth-order valence-electron chi connectivity index (χ4n) is 3.94. The number of aryl methyl sites for hydroxylation is 1. The maximum absolute atomic E-state index is 12.2. The number of carbonyl (C=O) groups excluding carboxylic acids is 1. The van der Waals surface area contributed by atoms with Crippen LogP contribution in [0.25, 0.3) is 10.8 Å². The first-order valence-corrected chi connectivity index (χ1v) is 15.1. The van der Waals surface area contributed by atoms with Crippen LogP contribution in [0, 0.1) is 6.92 Å². The van der Waals surface area contributed by atoms with Gasteiger partial charge >= 0.3 is 0 Å². The van der Waals surface area contributed by atoms with Crippen LogP contribution in [0.5, 0.6) is 11.5 Å². The number of rotatable bonds is 9. The predicted octanol–water partition coefficient (Wildman–Crippen LogP) is 5.89. The average molecular weight is 641 g/mol. The second-order valence-electron chi connectivity index (χ2n) is 9.08. The number of carbonyl (C=O) groups is 1. The number of phenols is 1. The molecule has 4 rings (SSSR count). The Hall–Kier alpha value is -5.23. The average Bonchev–Trinajstić information content (AvgIpc) is 2.95. The van der Waals surface area contributed by atoms with Crippen molar-refractivity contribution in [1.29, 1.82) is 0 Å². The summed E-state index contributed by atoms with van der Waals surface area (Å²) in [5, 5.41) is 29.5. The second kappa shape index (κ2) is 12.2. The van der Waals surface area contributed by atoms with E-state index in [1.165, 1.54) is 19.2 Å². The van der Waals surface area contributed by atoms with Gasteiger partial charge in [0.1, 0.15) is 26.9 Å². The number of anilines is 2. The summed E-state index contributed by atoms with van der Waals surface area (Å²) in [6.45, 7) is 5.08. The Morgan fingerprint density at radius 1 is 0.909 bits per heavy atom. The largest absolute Gasteiger partial charge is 0.505 e. The number of hydrogen-bond acceptors (Lipinski definition) is 12. The zero-order valence-electron chi connectivity index (χ0n) is 23.0. The summed E-state index contributed by atoms with van der Waals surface area (Å²) in [6.07, 6.45) is 1.14. The predicted molar refractivity (Wildman–Crippen MR) is 161 cm³/mol. The van der Waals surface area contributed by atoms with Crippen molar-refractivity contribution in [3.05, 3.63) is 72.8 Å². The Labute approximate surface area is 250 Å². The summed E-state index contributed by atoms with van der Waals surface area (Å²) < 4.78 is 72.3. The van der Waals surface area contributed by atoms with Crippen LogP contribution in [0.2, 0.25) is 0 Å². The van der Waals surface area contributed by atoms with E-state index in [0.29, 0.717) is 22.6 Å². The van der Waals surface area contributed by atoms with Gasteiger partial charge in [-0.1, -0.05) is 6.58 Å². The van der Waals surface area contributed by atoms with Crippen molar-refractivity contribution in [1.82, 2.24) is 0 Å². The molecule has 1 amide bonds. The Morgan fingerprint density at radius 3 is 2.11 bits per heavy atom. The third-order valence-corrected chi connectivity index (χ3v) is 7.86. The molecule has 4 aromatic carbocycles. The molecule has 44 heavy (non-hydrogen) atoms. The summed E-state index contributed by atoms with van der Waals surface area (Å²) in [7, 11) is -8.47. The Balaban J connectivity index is 1.73. The first-order chi connectivity index (χ1) is 20.6. The summed E-state index contributed by atoms with van der Waals surface area (Å²) in [4.78, 5) is 9.81. The molecule has 15 nitrogen and oxygen atoms in total.